The zero-order chi connectivity index (χ0) is 13.7. The molecule has 1 heterocycles. The van der Waals surface area contributed by atoms with Crippen LogP contribution in [-0.2, 0) is 11.3 Å². The summed E-state index contributed by atoms with van der Waals surface area (Å²) in [5, 5.41) is 20.8. The normalized spacial score (nSPS) is 9.50. The van der Waals surface area contributed by atoms with Crippen LogP contribution in [0.4, 0.5) is 5.69 Å². The lowest BCUT2D eigenvalue weighted by Crippen LogP contribution is -2.36. The molecular formula is C8H7N5O5. The number of hydrogen-bond acceptors (Lipinski definition) is 6. The third kappa shape index (κ3) is 3.01. The van der Waals surface area contributed by atoms with Crippen LogP contribution in [0, 0.1) is 21.4 Å². The Morgan fingerprint density at radius 2 is 2.28 bits per heavy atom. The molecule has 2 N–H and O–H groups in total. The van der Waals surface area contributed by atoms with Crippen molar-refractivity contribution in [1.82, 2.24) is 14.9 Å². The number of nitriles is 1. The quantitative estimate of drug-likeness (QED) is 0.362. The van der Waals surface area contributed by atoms with Crippen LogP contribution in [0.1, 0.15) is 0 Å². The summed E-state index contributed by atoms with van der Waals surface area (Å²) < 4.78 is 0.673. The molecule has 0 saturated carbocycles. The Balaban J connectivity index is 3.04. The Labute approximate surface area is 98.6 Å². The van der Waals surface area contributed by atoms with Crippen LogP contribution < -0.4 is 16.6 Å². The van der Waals surface area contributed by atoms with E-state index in [1.165, 1.54) is 0 Å². The summed E-state index contributed by atoms with van der Waals surface area (Å²) in [6, 6.07) is 1.65. The topological polar surface area (TPSA) is 151 Å². The second kappa shape index (κ2) is 5.39. The molecule has 0 atom stereocenters. The molecule has 0 aliphatic heterocycles. The van der Waals surface area contributed by atoms with Crippen LogP contribution in [0.5, 0.6) is 0 Å². The van der Waals surface area contributed by atoms with Crippen LogP contribution in [0.15, 0.2) is 15.8 Å². The van der Waals surface area contributed by atoms with Crippen LogP contribution >= 0.6 is 0 Å². The predicted octanol–water partition coefficient (Wildman–Crippen LogP) is -1.92. The Hall–Kier alpha value is -2.96. The van der Waals surface area contributed by atoms with Crippen LogP contribution in [0.3, 0.4) is 0 Å². The van der Waals surface area contributed by atoms with E-state index in [1.807, 2.05) is 0 Å². The van der Waals surface area contributed by atoms with Crippen molar-refractivity contribution in [2.24, 2.45) is 0 Å². The van der Waals surface area contributed by atoms with Crippen molar-refractivity contribution < 1.29 is 9.72 Å². The predicted molar refractivity (Wildman–Crippen MR) is 56.6 cm³/mol. The Kier molecular flexibility index (Phi) is 3.93. The highest BCUT2D eigenvalue weighted by atomic mass is 16.6. The first-order chi connectivity index (χ1) is 8.45. The van der Waals surface area contributed by atoms with Crippen molar-refractivity contribution in [2.75, 3.05) is 6.54 Å². The second-order valence-electron chi connectivity index (χ2n) is 3.09. The van der Waals surface area contributed by atoms with Crippen LogP contribution in [0.2, 0.25) is 0 Å². The molecule has 0 fully saturated rings. The van der Waals surface area contributed by atoms with Crippen molar-refractivity contribution >= 4 is 11.6 Å². The third-order valence-electron chi connectivity index (χ3n) is 1.87. The van der Waals surface area contributed by atoms with Crippen molar-refractivity contribution in [3.8, 4) is 6.07 Å². The number of carbonyl (C=O) groups is 1. The Bertz CT molecular complexity index is 637. The fourth-order valence-corrected chi connectivity index (χ4v) is 1.09. The molecule has 10 heteroatoms. The number of amides is 1. The third-order valence-corrected chi connectivity index (χ3v) is 1.87. The molecule has 10 nitrogen and oxygen atoms in total. The second-order valence-corrected chi connectivity index (χ2v) is 3.09. The molecular weight excluding hydrogens is 246 g/mol. The first-order valence-electron chi connectivity index (χ1n) is 4.57. The molecule has 0 aliphatic rings. The largest absolute Gasteiger partial charge is 0.350 e. The number of nitrogens with zero attached hydrogens (tertiary/aromatic N) is 3. The number of hydrogen-bond donors (Lipinski definition) is 2. The van der Waals surface area contributed by atoms with E-state index in [1.54, 1.807) is 11.1 Å². The van der Waals surface area contributed by atoms with E-state index in [0.717, 1.165) is 0 Å². The van der Waals surface area contributed by atoms with E-state index in [4.69, 9.17) is 5.26 Å². The van der Waals surface area contributed by atoms with Gasteiger partial charge in [-0.25, -0.2) is 4.79 Å². The molecule has 0 spiro atoms. The summed E-state index contributed by atoms with van der Waals surface area (Å²) in [4.78, 5) is 44.7. The van der Waals surface area contributed by atoms with Gasteiger partial charge in [0.15, 0.2) is 0 Å². The van der Waals surface area contributed by atoms with Gasteiger partial charge in [-0.3, -0.25) is 29.3 Å². The van der Waals surface area contributed by atoms with E-state index in [0.29, 0.717) is 10.8 Å². The number of nitrogens with one attached hydrogen (secondary N) is 2. The highest BCUT2D eigenvalue weighted by Gasteiger charge is 2.15. The van der Waals surface area contributed by atoms with Gasteiger partial charge in [0.2, 0.25) is 5.91 Å². The Morgan fingerprint density at radius 1 is 1.61 bits per heavy atom. The highest BCUT2D eigenvalue weighted by molar-refractivity contribution is 5.75. The monoisotopic (exact) mass is 253 g/mol. The van der Waals surface area contributed by atoms with Gasteiger partial charge in [0.1, 0.15) is 13.1 Å². The zero-order valence-corrected chi connectivity index (χ0v) is 8.87. The molecule has 0 saturated heterocycles. The van der Waals surface area contributed by atoms with Gasteiger partial charge in [0, 0.05) is 0 Å². The van der Waals surface area contributed by atoms with Crippen LogP contribution in [0.25, 0.3) is 0 Å². The van der Waals surface area contributed by atoms with E-state index in [-0.39, 0.29) is 6.54 Å². The Morgan fingerprint density at radius 3 is 2.83 bits per heavy atom. The molecule has 1 aromatic heterocycles. The van der Waals surface area contributed by atoms with Crippen molar-refractivity contribution in [3.05, 3.63) is 37.1 Å². The van der Waals surface area contributed by atoms with Gasteiger partial charge >= 0.3 is 16.9 Å². The highest BCUT2D eigenvalue weighted by Crippen LogP contribution is 1.98. The number of carbonyl (C=O) groups excluding carboxylic acids is 1. The molecule has 1 rings (SSSR count). The summed E-state index contributed by atoms with van der Waals surface area (Å²) in [6.45, 7) is -0.781. The molecule has 0 aromatic carbocycles. The summed E-state index contributed by atoms with van der Waals surface area (Å²) >= 11 is 0. The van der Waals surface area contributed by atoms with Crippen molar-refractivity contribution in [1.29, 1.82) is 5.26 Å². The van der Waals surface area contributed by atoms with Gasteiger partial charge in [-0.15, -0.1) is 0 Å². The average Bonchev–Trinajstić information content (AvgIpc) is 2.29. The number of H-pyrrole nitrogens is 1. The maximum atomic E-state index is 11.3. The molecule has 94 valence electrons. The van der Waals surface area contributed by atoms with Crippen molar-refractivity contribution in [2.45, 2.75) is 6.54 Å². The minimum absolute atomic E-state index is 0.251. The summed E-state index contributed by atoms with van der Waals surface area (Å²) in [7, 11) is 0. The lowest BCUT2D eigenvalue weighted by Gasteiger charge is -2.03. The molecule has 0 unspecified atom stereocenters. The summed E-state index contributed by atoms with van der Waals surface area (Å²) in [5.74, 6) is -0.681. The van der Waals surface area contributed by atoms with E-state index >= 15 is 0 Å². The smallest absolute Gasteiger partial charge is 0.341 e. The number of rotatable bonds is 4. The molecule has 1 amide bonds. The minimum Gasteiger partial charge on any atom is -0.341 e. The fraction of sp³-hybridized carbons (Fsp3) is 0.250. The number of nitro groups is 1. The van der Waals surface area contributed by atoms with E-state index in [9.17, 15) is 24.5 Å². The fourth-order valence-electron chi connectivity index (χ4n) is 1.09. The molecule has 0 radical (unpaired) electrons. The van der Waals surface area contributed by atoms with E-state index < -0.39 is 34.3 Å². The average molecular weight is 253 g/mol. The molecule has 18 heavy (non-hydrogen) atoms. The van der Waals surface area contributed by atoms with Crippen molar-refractivity contribution in [3.63, 3.8) is 0 Å². The maximum absolute atomic E-state index is 11.3. The van der Waals surface area contributed by atoms with Gasteiger partial charge in [0.05, 0.1) is 17.2 Å². The first kappa shape index (κ1) is 13.1. The van der Waals surface area contributed by atoms with Gasteiger partial charge in [-0.2, -0.15) is 5.26 Å². The SMILES string of the molecule is N#CCNC(=O)Cn1cc([N+](=O)[O-])c(=O)[nH]c1=O. The van der Waals surface area contributed by atoms with Gasteiger partial charge in [0.25, 0.3) is 0 Å². The molecule has 0 aliphatic carbocycles. The first-order valence-corrected chi connectivity index (χ1v) is 4.57. The molecule has 1 aromatic rings. The van der Waals surface area contributed by atoms with E-state index in [2.05, 4.69) is 5.32 Å². The minimum atomic E-state index is -1.14. The summed E-state index contributed by atoms with van der Waals surface area (Å²) in [5.41, 5.74) is -2.93. The lowest BCUT2D eigenvalue weighted by atomic mass is 10.5. The number of aromatic amines is 1. The molecule has 0 bridgehead atoms. The van der Waals surface area contributed by atoms with Crippen LogP contribution in [-0.4, -0.2) is 26.9 Å². The number of aromatic nitrogens is 2. The zero-order valence-electron chi connectivity index (χ0n) is 8.87. The standard InChI is InChI=1S/C8H7N5O5/c9-1-2-10-6(14)4-12-3-5(13(17)18)7(15)11-8(12)16/h3H,2,4H2,(H,10,14)(H,11,15,16). The maximum Gasteiger partial charge on any atom is 0.350 e. The van der Waals surface area contributed by atoms with Gasteiger partial charge < -0.3 is 5.32 Å². The summed E-state index contributed by atoms with van der Waals surface area (Å²) in [6.07, 6.45) is 0.674. The van der Waals surface area contributed by atoms with Gasteiger partial charge in [-0.1, -0.05) is 0 Å². The van der Waals surface area contributed by atoms with Gasteiger partial charge in [-0.05, 0) is 0 Å². The lowest BCUT2D eigenvalue weighted by molar-refractivity contribution is -0.386.